The van der Waals surface area contributed by atoms with E-state index in [9.17, 15) is 0 Å². The molecule has 3 N–H and O–H groups in total. The first kappa shape index (κ1) is 13.5. The summed E-state index contributed by atoms with van der Waals surface area (Å²) in [6, 6.07) is 0. The molecule has 0 saturated carbocycles. The van der Waals surface area contributed by atoms with Gasteiger partial charge in [0, 0.05) is 25.6 Å². The van der Waals surface area contributed by atoms with Gasteiger partial charge < -0.3 is 15.5 Å². The van der Waals surface area contributed by atoms with Crippen LogP contribution in [-0.2, 0) is 0 Å². The Hall–Kier alpha value is -0.610. The number of likely N-dealkylation sites (tertiary alicyclic amines) is 1. The lowest BCUT2D eigenvalue weighted by Crippen LogP contribution is -2.39. The molecule has 4 nitrogen and oxygen atoms in total. The SMILES string of the molecule is CCN(CCN1CCCC1)CC(C)C(=N)N. The molecule has 1 aliphatic heterocycles. The van der Waals surface area contributed by atoms with Gasteiger partial charge in [-0.05, 0) is 32.5 Å². The molecule has 0 radical (unpaired) electrons. The molecule has 0 aromatic rings. The molecule has 1 heterocycles. The summed E-state index contributed by atoms with van der Waals surface area (Å²) in [5.41, 5.74) is 5.50. The molecular weight excluding hydrogens is 200 g/mol. The Bertz CT molecular complexity index is 211. The first-order valence-electron chi connectivity index (χ1n) is 6.42. The Kier molecular flexibility index (Phi) is 5.77. The van der Waals surface area contributed by atoms with Crippen molar-refractivity contribution in [3.8, 4) is 0 Å². The summed E-state index contributed by atoms with van der Waals surface area (Å²) in [4.78, 5) is 4.92. The van der Waals surface area contributed by atoms with Crippen LogP contribution >= 0.6 is 0 Å². The monoisotopic (exact) mass is 226 g/mol. The van der Waals surface area contributed by atoms with E-state index in [2.05, 4.69) is 16.7 Å². The molecule has 1 aliphatic rings. The second-order valence-corrected chi connectivity index (χ2v) is 4.80. The van der Waals surface area contributed by atoms with Gasteiger partial charge in [0.2, 0.25) is 0 Å². The summed E-state index contributed by atoms with van der Waals surface area (Å²) in [7, 11) is 0. The Labute approximate surface area is 99.3 Å². The molecule has 0 aromatic heterocycles. The van der Waals surface area contributed by atoms with Gasteiger partial charge >= 0.3 is 0 Å². The number of hydrogen-bond donors (Lipinski definition) is 2. The zero-order chi connectivity index (χ0) is 12.0. The van der Waals surface area contributed by atoms with Crippen LogP contribution in [0.4, 0.5) is 0 Å². The van der Waals surface area contributed by atoms with Gasteiger partial charge in [-0.15, -0.1) is 0 Å². The molecule has 0 spiro atoms. The minimum Gasteiger partial charge on any atom is -0.387 e. The molecule has 0 bridgehead atoms. The molecule has 1 atom stereocenters. The van der Waals surface area contributed by atoms with Crippen LogP contribution < -0.4 is 5.73 Å². The van der Waals surface area contributed by atoms with Crippen molar-refractivity contribution in [3.05, 3.63) is 0 Å². The number of rotatable bonds is 7. The molecule has 0 aromatic carbocycles. The number of nitrogens with zero attached hydrogens (tertiary/aromatic N) is 2. The van der Waals surface area contributed by atoms with E-state index in [0.717, 1.165) is 19.6 Å². The van der Waals surface area contributed by atoms with Crippen molar-refractivity contribution in [2.45, 2.75) is 26.7 Å². The number of amidine groups is 1. The van der Waals surface area contributed by atoms with Gasteiger partial charge in [0.25, 0.3) is 0 Å². The molecule has 1 fully saturated rings. The lowest BCUT2D eigenvalue weighted by Gasteiger charge is -2.26. The molecule has 1 unspecified atom stereocenters. The molecule has 4 heteroatoms. The molecule has 94 valence electrons. The maximum atomic E-state index is 7.41. The maximum Gasteiger partial charge on any atom is 0.0947 e. The maximum absolute atomic E-state index is 7.41. The highest BCUT2D eigenvalue weighted by Crippen LogP contribution is 2.07. The third kappa shape index (κ3) is 4.49. The summed E-state index contributed by atoms with van der Waals surface area (Å²) in [6.45, 7) is 11.0. The predicted molar refractivity (Wildman–Crippen MR) is 68.9 cm³/mol. The summed E-state index contributed by atoms with van der Waals surface area (Å²) >= 11 is 0. The average molecular weight is 226 g/mol. The van der Waals surface area contributed by atoms with Crippen LogP contribution in [0.1, 0.15) is 26.7 Å². The normalized spacial score (nSPS) is 19.2. The number of nitrogens with two attached hydrogens (primary N) is 1. The summed E-state index contributed by atoms with van der Waals surface area (Å²) in [6.07, 6.45) is 2.71. The van der Waals surface area contributed by atoms with Crippen LogP contribution in [-0.4, -0.2) is 54.9 Å². The third-order valence-corrected chi connectivity index (χ3v) is 3.44. The summed E-state index contributed by atoms with van der Waals surface area (Å²) < 4.78 is 0. The van der Waals surface area contributed by atoms with E-state index in [4.69, 9.17) is 11.1 Å². The third-order valence-electron chi connectivity index (χ3n) is 3.44. The van der Waals surface area contributed by atoms with E-state index in [1.807, 2.05) is 6.92 Å². The zero-order valence-corrected chi connectivity index (χ0v) is 10.7. The van der Waals surface area contributed by atoms with Crippen LogP contribution in [0.2, 0.25) is 0 Å². The minimum absolute atomic E-state index is 0.179. The van der Waals surface area contributed by atoms with Crippen LogP contribution in [0.3, 0.4) is 0 Å². The highest BCUT2D eigenvalue weighted by atomic mass is 15.2. The fraction of sp³-hybridized carbons (Fsp3) is 0.917. The zero-order valence-electron chi connectivity index (χ0n) is 10.7. The van der Waals surface area contributed by atoms with Crippen LogP contribution in [0.5, 0.6) is 0 Å². The minimum atomic E-state index is 0.179. The number of nitrogens with one attached hydrogen (secondary N) is 1. The van der Waals surface area contributed by atoms with E-state index >= 15 is 0 Å². The lowest BCUT2D eigenvalue weighted by atomic mass is 10.1. The summed E-state index contributed by atoms with van der Waals surface area (Å²) in [5, 5.41) is 7.41. The van der Waals surface area contributed by atoms with E-state index in [0.29, 0.717) is 5.84 Å². The van der Waals surface area contributed by atoms with E-state index < -0.39 is 0 Å². The van der Waals surface area contributed by atoms with Crippen LogP contribution in [0, 0.1) is 11.3 Å². The lowest BCUT2D eigenvalue weighted by molar-refractivity contribution is 0.223. The highest BCUT2D eigenvalue weighted by Gasteiger charge is 2.14. The quantitative estimate of drug-likeness (QED) is 0.502. The molecule has 16 heavy (non-hydrogen) atoms. The van der Waals surface area contributed by atoms with Crippen molar-refractivity contribution in [1.29, 1.82) is 5.41 Å². The fourth-order valence-electron chi connectivity index (χ4n) is 2.15. The average Bonchev–Trinajstić information content (AvgIpc) is 2.76. The largest absolute Gasteiger partial charge is 0.387 e. The summed E-state index contributed by atoms with van der Waals surface area (Å²) in [5.74, 6) is 0.484. The van der Waals surface area contributed by atoms with Crippen molar-refractivity contribution in [2.24, 2.45) is 11.7 Å². The fourth-order valence-corrected chi connectivity index (χ4v) is 2.15. The van der Waals surface area contributed by atoms with Crippen molar-refractivity contribution < 1.29 is 0 Å². The molecular formula is C12H26N4. The van der Waals surface area contributed by atoms with Crippen molar-refractivity contribution in [3.63, 3.8) is 0 Å². The second-order valence-electron chi connectivity index (χ2n) is 4.80. The van der Waals surface area contributed by atoms with Gasteiger partial charge in [0.1, 0.15) is 0 Å². The Balaban J connectivity index is 2.22. The molecule has 0 aliphatic carbocycles. The first-order valence-corrected chi connectivity index (χ1v) is 6.42. The Morgan fingerprint density at radius 1 is 1.44 bits per heavy atom. The number of hydrogen-bond acceptors (Lipinski definition) is 3. The Morgan fingerprint density at radius 3 is 2.56 bits per heavy atom. The van der Waals surface area contributed by atoms with Crippen molar-refractivity contribution in [1.82, 2.24) is 9.80 Å². The second kappa shape index (κ2) is 6.86. The topological polar surface area (TPSA) is 56.4 Å². The van der Waals surface area contributed by atoms with E-state index in [1.165, 1.54) is 32.5 Å². The van der Waals surface area contributed by atoms with Gasteiger partial charge in [0.15, 0.2) is 0 Å². The standard InChI is InChI=1S/C12H26N4/c1-3-15(10-11(2)12(13)14)8-9-16-6-4-5-7-16/h11H,3-10H2,1-2H3,(H3,13,14). The van der Waals surface area contributed by atoms with Gasteiger partial charge in [0.05, 0.1) is 5.84 Å². The van der Waals surface area contributed by atoms with E-state index in [1.54, 1.807) is 0 Å². The van der Waals surface area contributed by atoms with Crippen LogP contribution in [0.25, 0.3) is 0 Å². The van der Waals surface area contributed by atoms with Crippen molar-refractivity contribution in [2.75, 3.05) is 39.3 Å². The van der Waals surface area contributed by atoms with Crippen LogP contribution in [0.15, 0.2) is 0 Å². The predicted octanol–water partition coefficient (Wildman–Crippen LogP) is 0.976. The highest BCUT2D eigenvalue weighted by molar-refractivity contribution is 5.79. The van der Waals surface area contributed by atoms with E-state index in [-0.39, 0.29) is 5.92 Å². The van der Waals surface area contributed by atoms with Gasteiger partial charge in [-0.1, -0.05) is 13.8 Å². The van der Waals surface area contributed by atoms with Gasteiger partial charge in [-0.3, -0.25) is 5.41 Å². The smallest absolute Gasteiger partial charge is 0.0947 e. The van der Waals surface area contributed by atoms with Gasteiger partial charge in [-0.2, -0.15) is 0 Å². The van der Waals surface area contributed by atoms with Gasteiger partial charge in [-0.25, -0.2) is 0 Å². The Morgan fingerprint density at radius 2 is 2.06 bits per heavy atom. The van der Waals surface area contributed by atoms with Crippen molar-refractivity contribution >= 4 is 5.84 Å². The number of likely N-dealkylation sites (N-methyl/N-ethyl adjacent to an activating group) is 1. The molecule has 1 saturated heterocycles. The molecule has 1 rings (SSSR count). The molecule has 0 amide bonds. The first-order chi connectivity index (χ1) is 7.63.